The number of aromatic nitrogens is 2. The fraction of sp³-hybridized carbons (Fsp3) is 0.308. The molecule has 1 aromatic carbocycles. The van der Waals surface area contributed by atoms with Crippen LogP contribution in [-0.4, -0.2) is 21.7 Å². The van der Waals surface area contributed by atoms with Crippen molar-refractivity contribution in [3.05, 3.63) is 52.0 Å². The molecular formula is C13H15BrFN3. The zero-order valence-electron chi connectivity index (χ0n) is 10.4. The minimum Gasteiger partial charge on any atom is -0.298 e. The highest BCUT2D eigenvalue weighted by atomic mass is 79.9. The first-order valence-electron chi connectivity index (χ1n) is 5.64. The van der Waals surface area contributed by atoms with Crippen molar-refractivity contribution in [3.63, 3.8) is 0 Å². The second kappa shape index (κ2) is 5.63. The largest absolute Gasteiger partial charge is 0.298 e. The van der Waals surface area contributed by atoms with Crippen molar-refractivity contribution in [3.8, 4) is 0 Å². The van der Waals surface area contributed by atoms with Gasteiger partial charge >= 0.3 is 0 Å². The fourth-order valence-electron chi connectivity index (χ4n) is 1.86. The molecule has 96 valence electrons. The molecule has 0 aliphatic carbocycles. The highest BCUT2D eigenvalue weighted by molar-refractivity contribution is 9.10. The summed E-state index contributed by atoms with van der Waals surface area (Å²) < 4.78 is 15.6. The zero-order valence-corrected chi connectivity index (χ0v) is 12.0. The average molecular weight is 312 g/mol. The second-order valence-electron chi connectivity index (χ2n) is 4.43. The molecule has 2 aromatic rings. The Morgan fingerprint density at radius 1 is 1.39 bits per heavy atom. The van der Waals surface area contributed by atoms with E-state index in [1.54, 1.807) is 10.7 Å². The van der Waals surface area contributed by atoms with Crippen LogP contribution in [0, 0.1) is 5.82 Å². The predicted molar refractivity (Wildman–Crippen MR) is 72.5 cm³/mol. The summed E-state index contributed by atoms with van der Waals surface area (Å²) in [5.41, 5.74) is 2.24. The Morgan fingerprint density at radius 2 is 2.17 bits per heavy atom. The number of halogens is 2. The lowest BCUT2D eigenvalue weighted by molar-refractivity contribution is 0.318. The van der Waals surface area contributed by atoms with Crippen molar-refractivity contribution in [2.24, 2.45) is 7.05 Å². The van der Waals surface area contributed by atoms with Gasteiger partial charge in [0.1, 0.15) is 5.82 Å². The van der Waals surface area contributed by atoms with Crippen molar-refractivity contribution in [1.29, 1.82) is 0 Å². The molecule has 0 radical (unpaired) electrons. The molecule has 0 fully saturated rings. The standard InChI is InChI=1S/C13H15BrFN3/c1-17(7-10-6-16-18(2)8-10)9-11-3-4-12(15)5-13(11)14/h3-6,8H,7,9H2,1-2H3. The van der Waals surface area contributed by atoms with E-state index >= 15 is 0 Å². The molecule has 0 atom stereocenters. The van der Waals surface area contributed by atoms with Crippen LogP contribution < -0.4 is 0 Å². The molecule has 0 spiro atoms. The van der Waals surface area contributed by atoms with E-state index in [4.69, 9.17) is 0 Å². The van der Waals surface area contributed by atoms with Crippen molar-refractivity contribution in [2.45, 2.75) is 13.1 Å². The van der Waals surface area contributed by atoms with Gasteiger partial charge in [0.15, 0.2) is 0 Å². The van der Waals surface area contributed by atoms with Crippen molar-refractivity contribution >= 4 is 15.9 Å². The van der Waals surface area contributed by atoms with Gasteiger partial charge < -0.3 is 0 Å². The summed E-state index contributed by atoms with van der Waals surface area (Å²) in [6.07, 6.45) is 3.85. The van der Waals surface area contributed by atoms with Gasteiger partial charge in [-0.1, -0.05) is 22.0 Å². The third-order valence-corrected chi connectivity index (χ3v) is 3.40. The minimum atomic E-state index is -0.222. The van der Waals surface area contributed by atoms with Gasteiger partial charge in [-0.05, 0) is 24.7 Å². The van der Waals surface area contributed by atoms with Crippen LogP contribution in [0.2, 0.25) is 0 Å². The van der Waals surface area contributed by atoms with E-state index in [-0.39, 0.29) is 5.82 Å². The second-order valence-corrected chi connectivity index (χ2v) is 5.28. The molecule has 0 aliphatic rings. The Balaban J connectivity index is 2.00. The maximum Gasteiger partial charge on any atom is 0.124 e. The summed E-state index contributed by atoms with van der Waals surface area (Å²) in [7, 11) is 3.93. The molecule has 0 aliphatic heterocycles. The highest BCUT2D eigenvalue weighted by Gasteiger charge is 2.07. The Morgan fingerprint density at radius 3 is 2.78 bits per heavy atom. The average Bonchev–Trinajstić information content (AvgIpc) is 2.68. The maximum absolute atomic E-state index is 13.0. The Hall–Kier alpha value is -1.20. The number of aryl methyl sites for hydroxylation is 1. The van der Waals surface area contributed by atoms with Crippen LogP contribution in [0.1, 0.15) is 11.1 Å². The van der Waals surface area contributed by atoms with E-state index in [0.29, 0.717) is 0 Å². The summed E-state index contributed by atoms with van der Waals surface area (Å²) in [4.78, 5) is 2.16. The Kier molecular flexibility index (Phi) is 4.14. The van der Waals surface area contributed by atoms with Gasteiger partial charge in [0.2, 0.25) is 0 Å². The van der Waals surface area contributed by atoms with Gasteiger partial charge in [-0.15, -0.1) is 0 Å². The maximum atomic E-state index is 13.0. The molecule has 1 aromatic heterocycles. The monoisotopic (exact) mass is 311 g/mol. The number of nitrogens with zero attached hydrogens (tertiary/aromatic N) is 3. The molecular weight excluding hydrogens is 297 g/mol. The molecule has 0 N–H and O–H groups in total. The van der Waals surface area contributed by atoms with Crippen molar-refractivity contribution in [1.82, 2.24) is 14.7 Å². The van der Waals surface area contributed by atoms with E-state index in [0.717, 1.165) is 23.1 Å². The lowest BCUT2D eigenvalue weighted by atomic mass is 10.2. The van der Waals surface area contributed by atoms with Crippen LogP contribution >= 0.6 is 15.9 Å². The molecule has 0 saturated heterocycles. The van der Waals surface area contributed by atoms with E-state index < -0.39 is 0 Å². The lowest BCUT2D eigenvalue weighted by Crippen LogP contribution is -2.17. The van der Waals surface area contributed by atoms with E-state index in [2.05, 4.69) is 25.9 Å². The van der Waals surface area contributed by atoms with Crippen LogP contribution in [0.4, 0.5) is 4.39 Å². The minimum absolute atomic E-state index is 0.222. The first-order chi connectivity index (χ1) is 8.54. The smallest absolute Gasteiger partial charge is 0.124 e. The fourth-order valence-corrected chi connectivity index (χ4v) is 2.34. The topological polar surface area (TPSA) is 21.1 Å². The summed E-state index contributed by atoms with van der Waals surface area (Å²) in [6.45, 7) is 1.58. The molecule has 1 heterocycles. The Labute approximate surface area is 114 Å². The molecule has 2 rings (SSSR count). The van der Waals surface area contributed by atoms with Gasteiger partial charge in [-0.3, -0.25) is 9.58 Å². The first kappa shape index (κ1) is 13.2. The van der Waals surface area contributed by atoms with E-state index in [1.807, 2.05) is 26.5 Å². The molecule has 0 bridgehead atoms. The van der Waals surface area contributed by atoms with Crippen molar-refractivity contribution < 1.29 is 4.39 Å². The normalized spacial score (nSPS) is 11.2. The van der Waals surface area contributed by atoms with Crippen LogP contribution in [-0.2, 0) is 20.1 Å². The summed E-state index contributed by atoms with van der Waals surface area (Å²) >= 11 is 3.38. The third kappa shape index (κ3) is 3.40. The first-order valence-corrected chi connectivity index (χ1v) is 6.44. The number of benzene rings is 1. The quantitative estimate of drug-likeness (QED) is 0.865. The van der Waals surface area contributed by atoms with E-state index in [9.17, 15) is 4.39 Å². The number of hydrogen-bond acceptors (Lipinski definition) is 2. The van der Waals surface area contributed by atoms with Gasteiger partial charge in [0, 0.05) is 36.4 Å². The van der Waals surface area contributed by atoms with Gasteiger partial charge in [0.25, 0.3) is 0 Å². The molecule has 5 heteroatoms. The van der Waals surface area contributed by atoms with Crippen molar-refractivity contribution in [2.75, 3.05) is 7.05 Å². The Bertz CT molecular complexity index is 539. The van der Waals surface area contributed by atoms with Gasteiger partial charge in [-0.2, -0.15) is 5.10 Å². The van der Waals surface area contributed by atoms with Crippen LogP contribution in [0.3, 0.4) is 0 Å². The molecule has 0 amide bonds. The summed E-state index contributed by atoms with van der Waals surface area (Å²) in [6, 6.07) is 4.78. The molecule has 0 saturated carbocycles. The van der Waals surface area contributed by atoms with E-state index in [1.165, 1.54) is 17.7 Å². The molecule has 0 unspecified atom stereocenters. The highest BCUT2D eigenvalue weighted by Crippen LogP contribution is 2.19. The zero-order chi connectivity index (χ0) is 13.1. The molecule has 3 nitrogen and oxygen atoms in total. The van der Waals surface area contributed by atoms with Crippen LogP contribution in [0.5, 0.6) is 0 Å². The number of rotatable bonds is 4. The van der Waals surface area contributed by atoms with Gasteiger partial charge in [0.05, 0.1) is 6.20 Å². The van der Waals surface area contributed by atoms with Crippen LogP contribution in [0.15, 0.2) is 35.1 Å². The summed E-state index contributed by atoms with van der Waals surface area (Å²) in [5.74, 6) is -0.222. The lowest BCUT2D eigenvalue weighted by Gasteiger charge is -2.16. The predicted octanol–water partition coefficient (Wildman–Crippen LogP) is 2.95. The molecule has 18 heavy (non-hydrogen) atoms. The SMILES string of the molecule is CN(Cc1cnn(C)c1)Cc1ccc(F)cc1Br. The van der Waals surface area contributed by atoms with Gasteiger partial charge in [-0.25, -0.2) is 4.39 Å². The summed E-state index contributed by atoms with van der Waals surface area (Å²) in [5, 5.41) is 4.14. The third-order valence-electron chi connectivity index (χ3n) is 2.67. The van der Waals surface area contributed by atoms with Crippen LogP contribution in [0.25, 0.3) is 0 Å². The number of hydrogen-bond donors (Lipinski definition) is 0.